The number of halogens is 1. The fourth-order valence-electron chi connectivity index (χ4n) is 4.24. The van der Waals surface area contributed by atoms with E-state index in [0.717, 1.165) is 5.56 Å². The molecule has 192 valence electrons. The lowest BCUT2D eigenvalue weighted by molar-refractivity contribution is 0.0712. The highest BCUT2D eigenvalue weighted by Crippen LogP contribution is 2.37. The van der Waals surface area contributed by atoms with Crippen LogP contribution in [0.25, 0.3) is 11.3 Å². The van der Waals surface area contributed by atoms with Crippen LogP contribution in [0.5, 0.6) is 17.4 Å². The highest BCUT2D eigenvalue weighted by atomic mass is 19.1. The number of hydrogen-bond donors (Lipinski definition) is 0. The molecule has 0 bridgehead atoms. The zero-order valence-electron chi connectivity index (χ0n) is 21.0. The summed E-state index contributed by atoms with van der Waals surface area (Å²) in [7, 11) is 3.34. The Hall–Kier alpha value is -4.85. The van der Waals surface area contributed by atoms with E-state index in [2.05, 4.69) is 0 Å². The highest BCUT2D eigenvalue weighted by Gasteiger charge is 2.27. The molecule has 0 radical (unpaired) electrons. The lowest BCUT2D eigenvalue weighted by atomic mass is 10.1. The Morgan fingerprint density at radius 3 is 2.34 bits per heavy atom. The third-order valence-electron chi connectivity index (χ3n) is 6.08. The first-order chi connectivity index (χ1) is 18.5. The quantitative estimate of drug-likeness (QED) is 0.227. The summed E-state index contributed by atoms with van der Waals surface area (Å²) >= 11 is 0. The van der Waals surface area contributed by atoms with E-state index in [-0.39, 0.29) is 18.7 Å². The van der Waals surface area contributed by atoms with Crippen molar-refractivity contribution in [2.45, 2.75) is 13.1 Å². The number of hydrogen-bond acceptors (Lipinski definition) is 5. The fraction of sp³-hybridized carbons (Fsp3) is 0.133. The van der Waals surface area contributed by atoms with Gasteiger partial charge in [0.15, 0.2) is 11.5 Å². The molecule has 3 aromatic carbocycles. The Morgan fingerprint density at radius 2 is 1.63 bits per heavy atom. The number of nitrogens with zero attached hydrogens (tertiary/aromatic N) is 3. The number of para-hydroxylation sites is 2. The SMILES string of the molecule is COc1ccccc1Oc1c(CN(Cc2ccco2)C(=O)c2ccccc2F)c(-c2ccccc2)nn1C. The van der Waals surface area contributed by atoms with E-state index in [1.807, 2.05) is 42.5 Å². The number of rotatable bonds is 9. The maximum absolute atomic E-state index is 14.7. The van der Waals surface area contributed by atoms with E-state index in [0.29, 0.717) is 34.4 Å². The van der Waals surface area contributed by atoms with Crippen LogP contribution < -0.4 is 9.47 Å². The van der Waals surface area contributed by atoms with Crippen molar-refractivity contribution in [1.82, 2.24) is 14.7 Å². The standard InChI is InChI=1S/C30H26FN3O4/c1-33-30(38-27-17-9-8-16-26(27)36-2)24(28(32-33)21-11-4-3-5-12-21)20-34(19-22-13-10-18-37-22)29(35)23-14-6-7-15-25(23)31/h3-18H,19-20H2,1-2H3. The zero-order chi connectivity index (χ0) is 26.5. The molecule has 0 spiro atoms. The molecule has 8 heteroatoms. The summed E-state index contributed by atoms with van der Waals surface area (Å²) < 4.78 is 33.7. The predicted molar refractivity (Wildman–Crippen MR) is 140 cm³/mol. The smallest absolute Gasteiger partial charge is 0.257 e. The van der Waals surface area contributed by atoms with Crippen molar-refractivity contribution in [3.8, 4) is 28.6 Å². The van der Waals surface area contributed by atoms with Gasteiger partial charge in [-0.05, 0) is 36.4 Å². The molecule has 0 saturated carbocycles. The molecule has 5 rings (SSSR count). The number of methoxy groups -OCH3 is 1. The second-order valence-corrected chi connectivity index (χ2v) is 8.60. The Bertz CT molecular complexity index is 1530. The lowest BCUT2D eigenvalue weighted by Crippen LogP contribution is -2.31. The average Bonchev–Trinajstić information content (AvgIpc) is 3.57. The normalized spacial score (nSPS) is 10.8. The van der Waals surface area contributed by atoms with Crippen LogP contribution in [0.1, 0.15) is 21.7 Å². The number of carbonyl (C=O) groups is 1. The summed E-state index contributed by atoms with van der Waals surface area (Å²) in [5, 5.41) is 4.75. The Morgan fingerprint density at radius 1 is 0.921 bits per heavy atom. The van der Waals surface area contributed by atoms with Crippen LogP contribution >= 0.6 is 0 Å². The summed E-state index contributed by atoms with van der Waals surface area (Å²) in [6, 6.07) is 26.4. The van der Waals surface area contributed by atoms with Crippen molar-refractivity contribution in [3.63, 3.8) is 0 Å². The van der Waals surface area contributed by atoms with Gasteiger partial charge >= 0.3 is 0 Å². The first-order valence-corrected chi connectivity index (χ1v) is 12.0. The summed E-state index contributed by atoms with van der Waals surface area (Å²) in [6.07, 6.45) is 1.54. The molecule has 0 aliphatic rings. The van der Waals surface area contributed by atoms with E-state index >= 15 is 0 Å². The van der Waals surface area contributed by atoms with Crippen LogP contribution in [0.4, 0.5) is 4.39 Å². The van der Waals surface area contributed by atoms with Gasteiger partial charge in [-0.3, -0.25) is 4.79 Å². The minimum Gasteiger partial charge on any atom is -0.493 e. The molecule has 0 aliphatic heterocycles. The number of benzene rings is 3. The molecule has 2 heterocycles. The molecule has 0 unspecified atom stereocenters. The van der Waals surface area contributed by atoms with Gasteiger partial charge in [-0.2, -0.15) is 5.10 Å². The van der Waals surface area contributed by atoms with Crippen molar-refractivity contribution in [1.29, 1.82) is 0 Å². The minimum absolute atomic E-state index is 0.0311. The molecule has 0 fully saturated rings. The van der Waals surface area contributed by atoms with Gasteiger partial charge in [-0.15, -0.1) is 0 Å². The lowest BCUT2D eigenvalue weighted by Gasteiger charge is -2.23. The van der Waals surface area contributed by atoms with Crippen molar-refractivity contribution in [2.75, 3.05) is 7.11 Å². The van der Waals surface area contributed by atoms with E-state index in [1.165, 1.54) is 23.3 Å². The van der Waals surface area contributed by atoms with Gasteiger partial charge in [-0.25, -0.2) is 9.07 Å². The van der Waals surface area contributed by atoms with E-state index in [1.54, 1.807) is 55.2 Å². The van der Waals surface area contributed by atoms with Crippen LogP contribution in [0.2, 0.25) is 0 Å². The van der Waals surface area contributed by atoms with E-state index in [9.17, 15) is 9.18 Å². The monoisotopic (exact) mass is 511 g/mol. The van der Waals surface area contributed by atoms with Gasteiger partial charge in [0.1, 0.15) is 17.3 Å². The highest BCUT2D eigenvalue weighted by molar-refractivity contribution is 5.94. The van der Waals surface area contributed by atoms with Gasteiger partial charge in [0.25, 0.3) is 5.91 Å². The van der Waals surface area contributed by atoms with Gasteiger partial charge in [0, 0.05) is 12.6 Å². The van der Waals surface area contributed by atoms with Gasteiger partial charge in [-0.1, -0.05) is 54.6 Å². The van der Waals surface area contributed by atoms with Gasteiger partial charge in [0.05, 0.1) is 37.6 Å². The third-order valence-corrected chi connectivity index (χ3v) is 6.08. The molecule has 5 aromatic rings. The summed E-state index contributed by atoms with van der Waals surface area (Å²) in [5.74, 6) is 0.964. The van der Waals surface area contributed by atoms with Crippen LogP contribution in [0.3, 0.4) is 0 Å². The Balaban J connectivity index is 1.61. The van der Waals surface area contributed by atoms with Crippen LogP contribution in [-0.4, -0.2) is 27.7 Å². The maximum atomic E-state index is 14.7. The fourth-order valence-corrected chi connectivity index (χ4v) is 4.24. The molecule has 0 aliphatic carbocycles. The molecular formula is C30H26FN3O4. The number of ether oxygens (including phenoxy) is 2. The van der Waals surface area contributed by atoms with Crippen LogP contribution in [0, 0.1) is 5.82 Å². The maximum Gasteiger partial charge on any atom is 0.257 e. The molecule has 0 saturated heterocycles. The Kier molecular flexibility index (Phi) is 7.21. The number of aryl methyl sites for hydroxylation is 1. The summed E-state index contributed by atoms with van der Waals surface area (Å²) in [4.78, 5) is 15.2. The van der Waals surface area contributed by atoms with Crippen molar-refractivity contribution >= 4 is 5.91 Å². The minimum atomic E-state index is -0.595. The first-order valence-electron chi connectivity index (χ1n) is 12.0. The van der Waals surface area contributed by atoms with Crippen LogP contribution in [0.15, 0.2) is 102 Å². The van der Waals surface area contributed by atoms with Gasteiger partial charge < -0.3 is 18.8 Å². The van der Waals surface area contributed by atoms with Crippen molar-refractivity contribution in [2.24, 2.45) is 7.05 Å². The van der Waals surface area contributed by atoms with Gasteiger partial charge in [0.2, 0.25) is 5.88 Å². The number of carbonyl (C=O) groups excluding carboxylic acids is 1. The first kappa shape index (κ1) is 24.8. The Labute approximate surface area is 219 Å². The largest absolute Gasteiger partial charge is 0.493 e. The number of amides is 1. The van der Waals surface area contributed by atoms with Crippen molar-refractivity contribution < 1.29 is 23.1 Å². The average molecular weight is 512 g/mol. The second kappa shape index (κ2) is 11.0. The topological polar surface area (TPSA) is 69.7 Å². The molecule has 1 amide bonds. The number of aromatic nitrogens is 2. The van der Waals surface area contributed by atoms with E-state index < -0.39 is 11.7 Å². The molecule has 0 atom stereocenters. The molecule has 0 N–H and O–H groups in total. The number of furan rings is 1. The summed E-state index contributed by atoms with van der Waals surface area (Å²) in [6.45, 7) is 0.202. The molecule has 2 aromatic heterocycles. The second-order valence-electron chi connectivity index (χ2n) is 8.60. The van der Waals surface area contributed by atoms with Crippen LogP contribution in [-0.2, 0) is 20.1 Å². The summed E-state index contributed by atoms with van der Waals surface area (Å²) in [5.41, 5.74) is 2.12. The molecular weight excluding hydrogens is 485 g/mol. The van der Waals surface area contributed by atoms with Crippen molar-refractivity contribution in [3.05, 3.63) is 120 Å². The van der Waals surface area contributed by atoms with E-state index in [4.69, 9.17) is 19.0 Å². The third kappa shape index (κ3) is 5.15. The molecule has 7 nitrogen and oxygen atoms in total. The zero-order valence-corrected chi connectivity index (χ0v) is 21.0. The molecule has 38 heavy (non-hydrogen) atoms. The predicted octanol–water partition coefficient (Wildman–Crippen LogP) is 6.46.